The number of aliphatic hydroxyl groups is 1. The van der Waals surface area contributed by atoms with Crippen molar-refractivity contribution >= 4 is 5.78 Å². The Morgan fingerprint density at radius 3 is 2.64 bits per heavy atom. The van der Waals surface area contributed by atoms with Gasteiger partial charge in [-0.05, 0) is 37.5 Å². The van der Waals surface area contributed by atoms with Gasteiger partial charge in [-0.25, -0.2) is 0 Å². The zero-order valence-corrected chi connectivity index (χ0v) is 9.05. The Balaban J connectivity index is 2.34. The number of fused-ring (bicyclic) bond motifs is 2. The van der Waals surface area contributed by atoms with Crippen molar-refractivity contribution in [1.82, 2.24) is 0 Å². The maximum atomic E-state index is 12.0. The quantitative estimate of drug-likeness (QED) is 0.731. The van der Waals surface area contributed by atoms with Crippen molar-refractivity contribution in [3.05, 3.63) is 6.92 Å². The largest absolute Gasteiger partial charge is 0.393 e. The third-order valence-corrected chi connectivity index (χ3v) is 4.72. The van der Waals surface area contributed by atoms with Crippen LogP contribution in [0.2, 0.25) is 0 Å². The Hall–Kier alpha value is -0.370. The number of carbonyl (C=O) groups excluding carboxylic acids is 1. The molecule has 2 saturated carbocycles. The van der Waals surface area contributed by atoms with Gasteiger partial charge in [-0.3, -0.25) is 4.79 Å². The van der Waals surface area contributed by atoms with Crippen LogP contribution in [0.25, 0.3) is 0 Å². The van der Waals surface area contributed by atoms with Crippen LogP contribution in [0.4, 0.5) is 0 Å². The Bertz CT molecular complexity index is 267. The SMILES string of the molecule is [CH2]C(O)CC12CCC(CC1=O)C2(C)C. The third-order valence-electron chi connectivity index (χ3n) is 4.72. The molecule has 3 atom stereocenters. The second kappa shape index (κ2) is 2.82. The van der Waals surface area contributed by atoms with Crippen LogP contribution >= 0.6 is 0 Å². The fourth-order valence-corrected chi connectivity index (χ4v) is 3.65. The first kappa shape index (κ1) is 10.2. The van der Waals surface area contributed by atoms with Crippen LogP contribution in [0.1, 0.15) is 39.5 Å². The van der Waals surface area contributed by atoms with Crippen molar-refractivity contribution in [2.24, 2.45) is 16.7 Å². The number of hydrogen-bond acceptors (Lipinski definition) is 2. The van der Waals surface area contributed by atoms with Crippen molar-refractivity contribution in [3.63, 3.8) is 0 Å². The van der Waals surface area contributed by atoms with E-state index in [-0.39, 0.29) is 10.8 Å². The lowest BCUT2D eigenvalue weighted by atomic mass is 9.66. The van der Waals surface area contributed by atoms with Gasteiger partial charge in [0.25, 0.3) is 0 Å². The summed E-state index contributed by atoms with van der Waals surface area (Å²) in [6.45, 7) is 7.97. The summed E-state index contributed by atoms with van der Waals surface area (Å²) < 4.78 is 0. The highest BCUT2D eigenvalue weighted by Gasteiger charge is 2.63. The van der Waals surface area contributed by atoms with Gasteiger partial charge < -0.3 is 5.11 Å². The molecule has 2 nitrogen and oxygen atoms in total. The number of ketones is 1. The predicted octanol–water partition coefficient (Wildman–Crippen LogP) is 1.97. The fraction of sp³-hybridized carbons (Fsp3) is 0.833. The normalized spacial score (nSPS) is 41.7. The molecule has 0 aromatic rings. The van der Waals surface area contributed by atoms with E-state index < -0.39 is 6.10 Å². The van der Waals surface area contributed by atoms with Gasteiger partial charge in [0, 0.05) is 11.8 Å². The minimum Gasteiger partial charge on any atom is -0.393 e. The molecule has 2 heteroatoms. The maximum Gasteiger partial charge on any atom is 0.139 e. The van der Waals surface area contributed by atoms with Gasteiger partial charge in [0.2, 0.25) is 0 Å². The summed E-state index contributed by atoms with van der Waals surface area (Å²) in [7, 11) is 0. The summed E-state index contributed by atoms with van der Waals surface area (Å²) in [6.07, 6.45) is 2.77. The molecule has 0 saturated heterocycles. The monoisotopic (exact) mass is 195 g/mol. The molecule has 2 rings (SSSR count). The second-order valence-corrected chi connectivity index (χ2v) is 5.52. The number of Topliss-reactive ketones (excluding diaryl/α,β-unsaturated/α-hetero) is 1. The van der Waals surface area contributed by atoms with E-state index in [1.54, 1.807) is 0 Å². The molecule has 0 heterocycles. The second-order valence-electron chi connectivity index (χ2n) is 5.52. The minimum atomic E-state index is -0.602. The topological polar surface area (TPSA) is 37.3 Å². The Morgan fingerprint density at radius 2 is 2.29 bits per heavy atom. The molecular formula is C12H19O2. The summed E-state index contributed by atoms with van der Waals surface area (Å²) in [5, 5.41) is 9.41. The Labute approximate surface area is 85.7 Å². The molecule has 0 amide bonds. The molecule has 0 spiro atoms. The van der Waals surface area contributed by atoms with Gasteiger partial charge >= 0.3 is 0 Å². The summed E-state index contributed by atoms with van der Waals surface area (Å²) >= 11 is 0. The van der Waals surface area contributed by atoms with Crippen LogP contribution in [0, 0.1) is 23.7 Å². The first-order valence-corrected chi connectivity index (χ1v) is 5.44. The molecule has 0 aromatic heterocycles. The highest BCUT2D eigenvalue weighted by Crippen LogP contribution is 2.65. The third kappa shape index (κ3) is 1.04. The van der Waals surface area contributed by atoms with Gasteiger partial charge in [0.05, 0.1) is 6.10 Å². The lowest BCUT2D eigenvalue weighted by Gasteiger charge is -2.37. The van der Waals surface area contributed by atoms with E-state index in [4.69, 9.17) is 0 Å². The van der Waals surface area contributed by atoms with Crippen LogP contribution in [0.5, 0.6) is 0 Å². The molecule has 1 radical (unpaired) electrons. The van der Waals surface area contributed by atoms with Gasteiger partial charge in [0.15, 0.2) is 0 Å². The first-order chi connectivity index (χ1) is 6.40. The van der Waals surface area contributed by atoms with Crippen molar-refractivity contribution in [3.8, 4) is 0 Å². The molecule has 0 aliphatic heterocycles. The zero-order valence-electron chi connectivity index (χ0n) is 9.05. The predicted molar refractivity (Wildman–Crippen MR) is 54.5 cm³/mol. The smallest absolute Gasteiger partial charge is 0.139 e. The van der Waals surface area contributed by atoms with E-state index in [0.29, 0.717) is 18.1 Å². The van der Waals surface area contributed by atoms with Crippen molar-refractivity contribution in [2.75, 3.05) is 0 Å². The van der Waals surface area contributed by atoms with E-state index in [1.807, 2.05) is 0 Å². The van der Waals surface area contributed by atoms with E-state index in [2.05, 4.69) is 20.8 Å². The molecule has 79 valence electrons. The van der Waals surface area contributed by atoms with Crippen LogP contribution in [-0.2, 0) is 4.79 Å². The highest BCUT2D eigenvalue weighted by atomic mass is 16.3. The van der Waals surface area contributed by atoms with E-state index in [1.165, 1.54) is 0 Å². The van der Waals surface area contributed by atoms with Gasteiger partial charge in [-0.1, -0.05) is 13.8 Å². The molecule has 1 N–H and O–H groups in total. The number of hydrogen-bond donors (Lipinski definition) is 1. The minimum absolute atomic E-state index is 0.0722. The van der Waals surface area contributed by atoms with Crippen molar-refractivity contribution < 1.29 is 9.90 Å². The molecule has 2 bridgehead atoms. The van der Waals surface area contributed by atoms with E-state index in [9.17, 15) is 9.90 Å². The molecule has 2 aliphatic carbocycles. The summed E-state index contributed by atoms with van der Waals surface area (Å²) in [6, 6.07) is 0. The lowest BCUT2D eigenvalue weighted by molar-refractivity contribution is -0.131. The van der Waals surface area contributed by atoms with Crippen molar-refractivity contribution in [2.45, 2.75) is 45.6 Å². The molecule has 2 fully saturated rings. The Morgan fingerprint density at radius 1 is 1.64 bits per heavy atom. The lowest BCUT2D eigenvalue weighted by Crippen LogP contribution is -2.38. The molecular weight excluding hydrogens is 176 g/mol. The van der Waals surface area contributed by atoms with Gasteiger partial charge in [0.1, 0.15) is 5.78 Å². The zero-order chi connectivity index (χ0) is 10.6. The molecule has 3 unspecified atom stereocenters. The summed E-state index contributed by atoms with van der Waals surface area (Å²) in [5.41, 5.74) is -0.193. The van der Waals surface area contributed by atoms with E-state index in [0.717, 1.165) is 19.3 Å². The van der Waals surface area contributed by atoms with Gasteiger partial charge in [-0.15, -0.1) is 0 Å². The van der Waals surface area contributed by atoms with E-state index >= 15 is 0 Å². The summed E-state index contributed by atoms with van der Waals surface area (Å²) in [4.78, 5) is 12.0. The number of aliphatic hydroxyl groups excluding tert-OH is 1. The Kier molecular flexibility index (Phi) is 2.04. The van der Waals surface area contributed by atoms with Crippen LogP contribution in [-0.4, -0.2) is 17.0 Å². The molecule has 2 aliphatic rings. The first-order valence-electron chi connectivity index (χ1n) is 5.44. The summed E-state index contributed by atoms with van der Waals surface area (Å²) in [5.74, 6) is 0.898. The number of rotatable bonds is 2. The maximum absolute atomic E-state index is 12.0. The number of carbonyl (C=O) groups is 1. The average molecular weight is 195 g/mol. The average Bonchev–Trinajstić information content (AvgIpc) is 2.36. The highest BCUT2D eigenvalue weighted by molar-refractivity contribution is 5.89. The van der Waals surface area contributed by atoms with Gasteiger partial charge in [-0.2, -0.15) is 0 Å². The standard InChI is InChI=1S/C12H19O2/c1-8(13)7-12-5-4-9(6-10(12)14)11(12,2)3/h8-9,13H,1,4-7H2,2-3H3. The van der Waals surface area contributed by atoms with Crippen LogP contribution in [0.15, 0.2) is 0 Å². The molecule has 14 heavy (non-hydrogen) atoms. The molecule has 0 aromatic carbocycles. The fourth-order valence-electron chi connectivity index (χ4n) is 3.65. The van der Waals surface area contributed by atoms with Crippen LogP contribution < -0.4 is 0 Å². The van der Waals surface area contributed by atoms with Crippen molar-refractivity contribution in [1.29, 1.82) is 0 Å². The van der Waals surface area contributed by atoms with Crippen LogP contribution in [0.3, 0.4) is 0 Å².